The van der Waals surface area contributed by atoms with E-state index in [-0.39, 0.29) is 11.3 Å². The molecule has 1 aromatic carbocycles. The van der Waals surface area contributed by atoms with E-state index in [1.807, 2.05) is 40.6 Å². The third-order valence-corrected chi connectivity index (χ3v) is 5.69. The van der Waals surface area contributed by atoms with Crippen LogP contribution in [0.15, 0.2) is 35.7 Å². The molecule has 4 nitrogen and oxygen atoms in total. The molecule has 0 N–H and O–H groups in total. The summed E-state index contributed by atoms with van der Waals surface area (Å²) in [7, 11) is 3.27. The van der Waals surface area contributed by atoms with Gasteiger partial charge < -0.3 is 14.4 Å². The number of carbonyl (C=O) groups is 1. The van der Waals surface area contributed by atoms with Crippen LogP contribution in [0.4, 0.5) is 0 Å². The minimum absolute atomic E-state index is 0.0181. The van der Waals surface area contributed by atoms with Crippen LogP contribution in [-0.2, 0) is 0 Å². The van der Waals surface area contributed by atoms with Crippen molar-refractivity contribution in [3.05, 3.63) is 46.2 Å². The van der Waals surface area contributed by atoms with Gasteiger partial charge >= 0.3 is 0 Å². The van der Waals surface area contributed by atoms with E-state index in [9.17, 15) is 4.79 Å². The number of hydrogen-bond acceptors (Lipinski definition) is 5. The van der Waals surface area contributed by atoms with Gasteiger partial charge in [-0.3, -0.25) is 4.79 Å². The van der Waals surface area contributed by atoms with Crippen LogP contribution in [-0.4, -0.2) is 37.3 Å². The highest BCUT2D eigenvalue weighted by atomic mass is 32.2. The number of carbonyl (C=O) groups excluding carboxylic acids is 1. The second-order valence-corrected chi connectivity index (χ2v) is 6.94. The number of amides is 1. The van der Waals surface area contributed by atoms with Crippen LogP contribution in [0.25, 0.3) is 0 Å². The molecule has 0 saturated carbocycles. The summed E-state index contributed by atoms with van der Waals surface area (Å²) in [4.78, 5) is 15.4. The van der Waals surface area contributed by atoms with E-state index in [0.717, 1.165) is 34.2 Å². The fourth-order valence-electron chi connectivity index (χ4n) is 2.50. The molecule has 1 saturated heterocycles. The van der Waals surface area contributed by atoms with Crippen molar-refractivity contribution in [3.63, 3.8) is 0 Å². The Hall–Kier alpha value is -1.66. The Kier molecular flexibility index (Phi) is 4.59. The molecule has 22 heavy (non-hydrogen) atoms. The van der Waals surface area contributed by atoms with Crippen LogP contribution in [0.3, 0.4) is 0 Å². The van der Waals surface area contributed by atoms with Crippen LogP contribution in [0.2, 0.25) is 0 Å². The largest absolute Gasteiger partial charge is 0.497 e. The van der Waals surface area contributed by atoms with Crippen molar-refractivity contribution in [2.24, 2.45) is 0 Å². The maximum Gasteiger partial charge on any atom is 0.265 e. The van der Waals surface area contributed by atoms with E-state index in [1.165, 1.54) is 11.3 Å². The average molecular weight is 335 g/mol. The van der Waals surface area contributed by atoms with Gasteiger partial charge in [0, 0.05) is 23.9 Å². The SMILES string of the molecule is COc1ccc([C@H]2SCCN2C(=O)c2cccs2)c(OC)c1. The summed E-state index contributed by atoms with van der Waals surface area (Å²) in [6.07, 6.45) is 0. The van der Waals surface area contributed by atoms with Gasteiger partial charge in [0.25, 0.3) is 5.91 Å². The number of rotatable bonds is 4. The summed E-state index contributed by atoms with van der Waals surface area (Å²) < 4.78 is 10.7. The molecule has 116 valence electrons. The lowest BCUT2D eigenvalue weighted by atomic mass is 10.1. The van der Waals surface area contributed by atoms with Gasteiger partial charge in [0.2, 0.25) is 0 Å². The van der Waals surface area contributed by atoms with Crippen molar-refractivity contribution < 1.29 is 14.3 Å². The van der Waals surface area contributed by atoms with Crippen LogP contribution >= 0.6 is 23.1 Å². The Morgan fingerprint density at radius 1 is 1.27 bits per heavy atom. The number of methoxy groups -OCH3 is 2. The molecule has 1 atom stereocenters. The quantitative estimate of drug-likeness (QED) is 0.855. The lowest BCUT2D eigenvalue weighted by Crippen LogP contribution is -2.30. The molecule has 2 heterocycles. The summed E-state index contributed by atoms with van der Waals surface area (Å²) in [6, 6.07) is 9.53. The molecule has 0 spiro atoms. The summed E-state index contributed by atoms with van der Waals surface area (Å²) in [5.74, 6) is 2.52. The maximum atomic E-state index is 12.7. The third kappa shape index (κ3) is 2.80. The third-order valence-electron chi connectivity index (χ3n) is 3.59. The first kappa shape index (κ1) is 15.2. The van der Waals surface area contributed by atoms with Crippen LogP contribution in [0.1, 0.15) is 20.6 Å². The summed E-state index contributed by atoms with van der Waals surface area (Å²) in [6.45, 7) is 0.751. The molecule has 1 fully saturated rings. The fourth-order valence-corrected chi connectivity index (χ4v) is 4.46. The molecule has 1 aliphatic heterocycles. The fraction of sp³-hybridized carbons (Fsp3) is 0.312. The van der Waals surface area contributed by atoms with Crippen molar-refractivity contribution >= 4 is 29.0 Å². The number of thioether (sulfide) groups is 1. The molecule has 0 radical (unpaired) electrons. The number of benzene rings is 1. The molecule has 2 aromatic rings. The number of nitrogens with zero attached hydrogens (tertiary/aromatic N) is 1. The maximum absolute atomic E-state index is 12.7. The van der Waals surface area contributed by atoms with Crippen LogP contribution < -0.4 is 9.47 Å². The van der Waals surface area contributed by atoms with Crippen molar-refractivity contribution in [2.75, 3.05) is 26.5 Å². The minimum Gasteiger partial charge on any atom is -0.497 e. The molecular formula is C16H17NO3S2. The topological polar surface area (TPSA) is 38.8 Å². The molecule has 0 aliphatic carbocycles. The molecule has 0 bridgehead atoms. The van der Waals surface area contributed by atoms with Gasteiger partial charge in [0.15, 0.2) is 0 Å². The molecular weight excluding hydrogens is 318 g/mol. The zero-order valence-electron chi connectivity index (χ0n) is 12.4. The van der Waals surface area contributed by atoms with Gasteiger partial charge in [0.1, 0.15) is 16.9 Å². The minimum atomic E-state index is -0.0181. The van der Waals surface area contributed by atoms with Crippen molar-refractivity contribution in [1.82, 2.24) is 4.90 Å². The molecule has 6 heteroatoms. The van der Waals surface area contributed by atoms with Gasteiger partial charge in [-0.1, -0.05) is 6.07 Å². The van der Waals surface area contributed by atoms with Crippen LogP contribution in [0.5, 0.6) is 11.5 Å². The normalized spacial score (nSPS) is 17.5. The first-order chi connectivity index (χ1) is 10.7. The van der Waals surface area contributed by atoms with E-state index in [1.54, 1.807) is 26.0 Å². The van der Waals surface area contributed by atoms with Gasteiger partial charge in [-0.25, -0.2) is 0 Å². The number of hydrogen-bond donors (Lipinski definition) is 0. The summed E-state index contributed by atoms with van der Waals surface area (Å²) >= 11 is 3.24. The second kappa shape index (κ2) is 6.62. The molecule has 1 amide bonds. The first-order valence-corrected chi connectivity index (χ1v) is 8.85. The average Bonchev–Trinajstić information content (AvgIpc) is 3.24. The van der Waals surface area contributed by atoms with E-state index in [4.69, 9.17) is 9.47 Å². The molecule has 1 aliphatic rings. The Labute approximate surface area is 138 Å². The predicted octanol–water partition coefficient (Wildman–Crippen LogP) is 3.65. The van der Waals surface area contributed by atoms with Crippen molar-refractivity contribution in [2.45, 2.75) is 5.37 Å². The Morgan fingerprint density at radius 2 is 2.14 bits per heavy atom. The molecule has 1 aromatic heterocycles. The predicted molar refractivity (Wildman–Crippen MR) is 90.1 cm³/mol. The smallest absolute Gasteiger partial charge is 0.265 e. The lowest BCUT2D eigenvalue weighted by Gasteiger charge is -2.25. The number of ether oxygens (including phenoxy) is 2. The van der Waals surface area contributed by atoms with E-state index in [0.29, 0.717) is 0 Å². The standard InChI is InChI=1S/C16H17NO3S2/c1-19-11-5-6-12(13(10-11)20-2)16-17(7-9-22-16)15(18)14-4-3-8-21-14/h3-6,8,10,16H,7,9H2,1-2H3/t16-/m1/s1. The van der Waals surface area contributed by atoms with E-state index < -0.39 is 0 Å². The van der Waals surface area contributed by atoms with E-state index in [2.05, 4.69) is 0 Å². The summed E-state index contributed by atoms with van der Waals surface area (Å²) in [5, 5.41) is 1.91. The molecule has 3 rings (SSSR count). The summed E-state index contributed by atoms with van der Waals surface area (Å²) in [5.41, 5.74) is 1.01. The molecule has 0 unspecified atom stereocenters. The first-order valence-electron chi connectivity index (χ1n) is 6.92. The van der Waals surface area contributed by atoms with Gasteiger partial charge in [-0.15, -0.1) is 23.1 Å². The zero-order valence-corrected chi connectivity index (χ0v) is 14.1. The Morgan fingerprint density at radius 3 is 2.82 bits per heavy atom. The van der Waals surface area contributed by atoms with Crippen LogP contribution in [0, 0.1) is 0 Å². The lowest BCUT2D eigenvalue weighted by molar-refractivity contribution is 0.0764. The zero-order chi connectivity index (χ0) is 15.5. The van der Waals surface area contributed by atoms with Gasteiger partial charge in [-0.05, 0) is 23.6 Å². The highest BCUT2D eigenvalue weighted by molar-refractivity contribution is 7.99. The Bertz CT molecular complexity index is 657. The Balaban J connectivity index is 1.91. The van der Waals surface area contributed by atoms with Crippen molar-refractivity contribution in [1.29, 1.82) is 0 Å². The second-order valence-electron chi connectivity index (χ2n) is 4.81. The van der Waals surface area contributed by atoms with E-state index >= 15 is 0 Å². The van der Waals surface area contributed by atoms with Crippen molar-refractivity contribution in [3.8, 4) is 11.5 Å². The van der Waals surface area contributed by atoms with Gasteiger partial charge in [-0.2, -0.15) is 0 Å². The monoisotopic (exact) mass is 335 g/mol. The van der Waals surface area contributed by atoms with Gasteiger partial charge in [0.05, 0.1) is 19.1 Å². The highest BCUT2D eigenvalue weighted by Crippen LogP contribution is 2.43. The highest BCUT2D eigenvalue weighted by Gasteiger charge is 2.33. The number of thiophene rings is 1.